The van der Waals surface area contributed by atoms with Crippen molar-refractivity contribution in [2.75, 3.05) is 0 Å². The number of fused-ring (bicyclic) bond motifs is 2. The number of benzene rings is 1. The Kier molecular flexibility index (Phi) is 6.41. The number of nitrogens with zero attached hydrogens (tertiary/aromatic N) is 4. The van der Waals surface area contributed by atoms with Crippen LogP contribution >= 0.6 is 0 Å². The molecule has 0 unspecified atom stereocenters. The average Bonchev–Trinajstić information content (AvgIpc) is 2.70. The fraction of sp³-hybridized carbons (Fsp3) is 0. The highest BCUT2D eigenvalue weighted by Gasteiger charge is 1.94. The summed E-state index contributed by atoms with van der Waals surface area (Å²) in [7, 11) is 0. The minimum absolute atomic E-state index is 0.284. The normalized spacial score (nSPS) is 9.71. The molecule has 2 heterocycles. The van der Waals surface area contributed by atoms with E-state index in [2.05, 4.69) is 33.2 Å². The molecule has 0 atom stereocenters. The van der Waals surface area contributed by atoms with E-state index >= 15 is 0 Å². The van der Waals surface area contributed by atoms with Gasteiger partial charge in [0, 0.05) is 43.4 Å². The van der Waals surface area contributed by atoms with Gasteiger partial charge in [-0.2, -0.15) is 0 Å². The summed E-state index contributed by atoms with van der Waals surface area (Å²) in [6, 6.07) is 16.8. The number of aromatic nitrogens is 4. The number of carbonyl (C=O) groups is 1. The number of carbonyl (C=O) groups excluding carboxylic acids is 1. The zero-order valence-corrected chi connectivity index (χ0v) is 15.1. The zero-order valence-electron chi connectivity index (χ0n) is 15.1. The van der Waals surface area contributed by atoms with Crippen LogP contribution in [0.4, 0.5) is 0 Å². The number of rotatable bonds is 1. The van der Waals surface area contributed by atoms with Crippen LogP contribution in [0.2, 0.25) is 0 Å². The highest BCUT2D eigenvalue weighted by Crippen LogP contribution is 2.14. The van der Waals surface area contributed by atoms with Gasteiger partial charge in [-0.05, 0) is 35.0 Å². The molecule has 6 nitrogen and oxygen atoms in total. The Morgan fingerprint density at radius 2 is 1.50 bits per heavy atom. The molecule has 138 valence electrons. The number of hydrogen-bond acceptors (Lipinski definition) is 4. The van der Waals surface area contributed by atoms with Crippen LogP contribution in [-0.2, 0) is 0 Å². The van der Waals surface area contributed by atoms with Gasteiger partial charge in [0.2, 0.25) is 5.91 Å². The molecule has 28 heavy (non-hydrogen) atoms. The Labute approximate surface area is 162 Å². The summed E-state index contributed by atoms with van der Waals surface area (Å²) >= 11 is 0. The minimum atomic E-state index is -0.558. The van der Waals surface area contributed by atoms with Crippen LogP contribution < -0.4 is 5.73 Å². The lowest BCUT2D eigenvalue weighted by molar-refractivity contribution is 0.1000. The molecule has 0 aliphatic rings. The summed E-state index contributed by atoms with van der Waals surface area (Å²) in [5.74, 6) is -0.558. The van der Waals surface area contributed by atoms with Gasteiger partial charge in [0.25, 0.3) is 0 Å². The molecule has 0 spiro atoms. The minimum Gasteiger partial charge on any atom is -0.366 e. The molecule has 1 aromatic carbocycles. The van der Waals surface area contributed by atoms with Crippen molar-refractivity contribution in [3.8, 4) is 0 Å². The van der Waals surface area contributed by atoms with Crippen molar-refractivity contribution in [3.63, 3.8) is 0 Å². The Balaban J connectivity index is 2.21. The molecule has 6 heteroatoms. The lowest BCUT2D eigenvalue weighted by Crippen LogP contribution is -2.10. The average molecular weight is 369 g/mol. The lowest BCUT2D eigenvalue weighted by Gasteiger charge is -2.01. The van der Waals surface area contributed by atoms with Crippen LogP contribution in [0.15, 0.2) is 104 Å². The van der Waals surface area contributed by atoms with Gasteiger partial charge >= 0.3 is 0 Å². The second-order valence-electron chi connectivity index (χ2n) is 5.75. The van der Waals surface area contributed by atoms with Gasteiger partial charge in [-0.25, -0.2) is 0 Å². The Hall–Kier alpha value is -4.06. The maximum absolute atomic E-state index is 11.4. The number of hydrogen-bond donors (Lipinski definition) is 1. The smallest absolute Gasteiger partial charge is 0.250 e. The van der Waals surface area contributed by atoms with E-state index in [9.17, 15) is 4.79 Å². The van der Waals surface area contributed by atoms with Crippen LogP contribution in [0.3, 0.4) is 0 Å². The predicted molar refractivity (Wildman–Crippen MR) is 110 cm³/mol. The maximum atomic E-state index is 11.4. The molecule has 0 saturated heterocycles. The number of amides is 1. The van der Waals surface area contributed by atoms with Crippen molar-refractivity contribution in [3.05, 3.63) is 110 Å². The van der Waals surface area contributed by atoms with Crippen LogP contribution in [0, 0.1) is 0 Å². The molecule has 0 radical (unpaired) electrons. The van der Waals surface area contributed by atoms with Crippen LogP contribution in [-0.4, -0.2) is 25.3 Å². The Morgan fingerprint density at radius 3 is 2.36 bits per heavy atom. The van der Waals surface area contributed by atoms with Crippen LogP contribution in [0.5, 0.6) is 0 Å². The summed E-state index contributed by atoms with van der Waals surface area (Å²) in [5, 5.41) is 2.23. The summed E-state index contributed by atoms with van der Waals surface area (Å²) in [5.41, 5.74) is 6.51. The van der Waals surface area contributed by atoms with Crippen molar-refractivity contribution >= 4 is 22.2 Å². The second kappa shape index (κ2) is 9.59. The molecule has 2 N–H and O–H groups in total. The quantitative estimate of drug-likeness (QED) is 0.708. The van der Waals surface area contributed by atoms with Gasteiger partial charge in [-0.1, -0.05) is 30.3 Å². The Morgan fingerprint density at radius 1 is 0.786 bits per heavy atom. The van der Waals surface area contributed by atoms with Gasteiger partial charge in [-0.15, -0.1) is 0 Å². The molecule has 0 bridgehead atoms. The van der Waals surface area contributed by atoms with E-state index in [0.29, 0.717) is 0 Å². The van der Waals surface area contributed by atoms with E-state index in [4.69, 9.17) is 5.73 Å². The van der Waals surface area contributed by atoms with Gasteiger partial charge in [-0.3, -0.25) is 19.7 Å². The standard InChI is InChI=1S/C22H19N5O/c23-22(28)19-7-3-4-9-26-16-21-14-18-6-1-2-8-20(18)17-27(21)13-12-24-10-5-11-25-15-19/h1-17H,(H2,23,28). The number of nitrogens with two attached hydrogens (primary N) is 1. The van der Waals surface area contributed by atoms with Crippen molar-refractivity contribution in [2.45, 2.75) is 0 Å². The topological polar surface area (TPSA) is 86.2 Å². The molecule has 0 fully saturated rings. The summed E-state index contributed by atoms with van der Waals surface area (Å²) < 4.78 is 1.95. The van der Waals surface area contributed by atoms with Crippen molar-refractivity contribution in [1.82, 2.24) is 19.4 Å². The number of primary amides is 1. The molecule has 3 rings (SSSR count). The Bertz CT molecular complexity index is 1170. The molecular weight excluding hydrogens is 350 g/mol. The van der Waals surface area contributed by atoms with E-state index < -0.39 is 5.91 Å². The monoisotopic (exact) mass is 369 g/mol. The fourth-order valence-electron chi connectivity index (χ4n) is 2.44. The second-order valence-corrected chi connectivity index (χ2v) is 5.75. The molecular formula is C22H19N5O. The van der Waals surface area contributed by atoms with Gasteiger partial charge in [0.1, 0.15) is 0 Å². The molecule has 0 aliphatic heterocycles. The van der Waals surface area contributed by atoms with Crippen molar-refractivity contribution in [2.24, 2.45) is 5.73 Å². The van der Waals surface area contributed by atoms with Crippen molar-refractivity contribution in [1.29, 1.82) is 0 Å². The molecule has 0 aliphatic carbocycles. The maximum Gasteiger partial charge on any atom is 0.250 e. The van der Waals surface area contributed by atoms with E-state index in [1.165, 1.54) is 12.4 Å². The first-order valence-corrected chi connectivity index (χ1v) is 8.59. The first-order valence-electron chi connectivity index (χ1n) is 8.59. The lowest BCUT2D eigenvalue weighted by atomic mass is 10.2. The molecule has 2 aromatic heterocycles. The van der Waals surface area contributed by atoms with Gasteiger partial charge in [0.15, 0.2) is 0 Å². The fourth-order valence-corrected chi connectivity index (χ4v) is 2.44. The van der Waals surface area contributed by atoms with Crippen molar-refractivity contribution < 1.29 is 4.79 Å². The third kappa shape index (κ3) is 5.22. The van der Waals surface area contributed by atoms with Crippen LogP contribution in [0.25, 0.3) is 16.3 Å². The van der Waals surface area contributed by atoms with Gasteiger partial charge in [0.05, 0.1) is 17.3 Å². The van der Waals surface area contributed by atoms with Gasteiger partial charge < -0.3 is 10.1 Å². The predicted octanol–water partition coefficient (Wildman–Crippen LogP) is 3.75. The molecule has 0 saturated carbocycles. The van der Waals surface area contributed by atoms with Crippen LogP contribution in [0.1, 0.15) is 10.4 Å². The third-order valence-corrected chi connectivity index (χ3v) is 3.80. The highest BCUT2D eigenvalue weighted by atomic mass is 16.1. The molecule has 1 amide bonds. The van der Waals surface area contributed by atoms with E-state index in [1.807, 2.05) is 28.9 Å². The van der Waals surface area contributed by atoms with E-state index in [0.717, 1.165) is 16.3 Å². The van der Waals surface area contributed by atoms with E-state index in [-0.39, 0.29) is 5.56 Å². The third-order valence-electron chi connectivity index (χ3n) is 3.80. The zero-order chi connectivity index (χ0) is 19.6. The largest absolute Gasteiger partial charge is 0.366 e. The highest BCUT2D eigenvalue weighted by molar-refractivity contribution is 5.92. The first kappa shape index (κ1) is 18.7. The number of pyridine rings is 1. The first-order chi connectivity index (χ1) is 13.7. The molecule has 3 aromatic rings. The summed E-state index contributed by atoms with van der Waals surface area (Å²) in [6.45, 7) is 0. The summed E-state index contributed by atoms with van der Waals surface area (Å²) in [4.78, 5) is 23.9. The van der Waals surface area contributed by atoms with E-state index in [1.54, 1.807) is 49.1 Å². The summed E-state index contributed by atoms with van der Waals surface area (Å²) in [6.07, 6.45) is 13.5. The SMILES string of the molecule is NC(=O)c1ccccncc2cc3ccccc3cn2ccncccnc1.